The van der Waals surface area contributed by atoms with Crippen molar-refractivity contribution in [3.63, 3.8) is 0 Å². The van der Waals surface area contributed by atoms with Crippen molar-refractivity contribution in [2.45, 2.75) is 24.6 Å². The van der Waals surface area contributed by atoms with E-state index in [1.165, 1.54) is 10.4 Å². The number of benzene rings is 2. The Balaban J connectivity index is 1.49. The first kappa shape index (κ1) is 21.5. The van der Waals surface area contributed by atoms with E-state index in [9.17, 15) is 22.0 Å². The van der Waals surface area contributed by atoms with E-state index in [0.29, 0.717) is 30.0 Å². The van der Waals surface area contributed by atoms with Gasteiger partial charge in [-0.2, -0.15) is 4.31 Å². The standard InChI is InChI=1S/C20H18F2N4O3S2/c21-15-9-8-14(11-16(15)22)23-18(27)20-25-24-19(30-20)17-7-4-10-26(17)31(28,29)12-13-5-2-1-3-6-13/h1-3,5-6,8-9,11,17H,4,7,10,12H2,(H,23,27)/t17-/m0/s1. The fraction of sp³-hybridized carbons (Fsp3) is 0.250. The number of aromatic nitrogens is 2. The lowest BCUT2D eigenvalue weighted by molar-refractivity contribution is 0.102. The van der Waals surface area contributed by atoms with E-state index in [2.05, 4.69) is 15.5 Å². The molecular weight excluding hydrogens is 446 g/mol. The van der Waals surface area contributed by atoms with Gasteiger partial charge in [0.2, 0.25) is 15.0 Å². The maximum Gasteiger partial charge on any atom is 0.286 e. The first-order chi connectivity index (χ1) is 14.8. The van der Waals surface area contributed by atoms with Crippen LogP contribution in [0.2, 0.25) is 0 Å². The zero-order valence-electron chi connectivity index (χ0n) is 16.2. The second-order valence-corrected chi connectivity index (χ2v) is 9.97. The Morgan fingerprint density at radius 3 is 2.65 bits per heavy atom. The Morgan fingerprint density at radius 1 is 1.13 bits per heavy atom. The molecule has 0 spiro atoms. The highest BCUT2D eigenvalue weighted by Crippen LogP contribution is 2.36. The quantitative estimate of drug-likeness (QED) is 0.600. The summed E-state index contributed by atoms with van der Waals surface area (Å²) in [5.74, 6) is -2.85. The highest BCUT2D eigenvalue weighted by Gasteiger charge is 2.37. The van der Waals surface area contributed by atoms with Crippen LogP contribution >= 0.6 is 11.3 Å². The van der Waals surface area contributed by atoms with E-state index in [-0.39, 0.29) is 16.4 Å². The van der Waals surface area contributed by atoms with Crippen molar-refractivity contribution in [1.82, 2.24) is 14.5 Å². The van der Waals surface area contributed by atoms with E-state index in [1.807, 2.05) is 6.07 Å². The SMILES string of the molecule is O=C(Nc1ccc(F)c(F)c1)c1nnc([C@@H]2CCCN2S(=O)(=O)Cc2ccccc2)s1. The van der Waals surface area contributed by atoms with Gasteiger partial charge in [0.05, 0.1) is 11.8 Å². The number of hydrogen-bond acceptors (Lipinski definition) is 6. The Morgan fingerprint density at radius 2 is 1.90 bits per heavy atom. The molecular formula is C20H18F2N4O3S2. The lowest BCUT2D eigenvalue weighted by atomic mass is 10.2. The Kier molecular flexibility index (Phi) is 6.08. The molecule has 7 nitrogen and oxygen atoms in total. The van der Waals surface area contributed by atoms with E-state index in [4.69, 9.17) is 0 Å². The van der Waals surface area contributed by atoms with Gasteiger partial charge in [-0.1, -0.05) is 41.7 Å². The number of rotatable bonds is 6. The lowest BCUT2D eigenvalue weighted by Gasteiger charge is -2.22. The normalized spacial score (nSPS) is 17.0. The maximum atomic E-state index is 13.3. The second-order valence-electron chi connectivity index (χ2n) is 7.04. The van der Waals surface area contributed by atoms with E-state index >= 15 is 0 Å². The number of halogens is 2. The van der Waals surface area contributed by atoms with Crippen LogP contribution in [0.3, 0.4) is 0 Å². The van der Waals surface area contributed by atoms with Crippen LogP contribution in [-0.2, 0) is 15.8 Å². The number of carbonyl (C=O) groups is 1. The Bertz CT molecular complexity index is 1200. The average Bonchev–Trinajstić information content (AvgIpc) is 3.41. The molecule has 1 aromatic heterocycles. The highest BCUT2D eigenvalue weighted by molar-refractivity contribution is 7.88. The van der Waals surface area contributed by atoms with Gasteiger partial charge < -0.3 is 5.32 Å². The largest absolute Gasteiger partial charge is 0.320 e. The zero-order valence-corrected chi connectivity index (χ0v) is 17.8. The van der Waals surface area contributed by atoms with Gasteiger partial charge in [0.1, 0.15) is 5.01 Å². The third-order valence-corrected chi connectivity index (χ3v) is 7.72. The minimum atomic E-state index is -3.58. The minimum absolute atomic E-state index is 0.00652. The summed E-state index contributed by atoms with van der Waals surface area (Å²) in [7, 11) is -3.58. The molecule has 0 aliphatic carbocycles. The van der Waals surface area contributed by atoms with Crippen LogP contribution in [0.1, 0.15) is 39.3 Å². The molecule has 2 heterocycles. The molecule has 0 radical (unpaired) electrons. The molecule has 162 valence electrons. The summed E-state index contributed by atoms with van der Waals surface area (Å²) in [4.78, 5) is 12.4. The second kappa shape index (κ2) is 8.77. The third kappa shape index (κ3) is 4.78. The summed E-state index contributed by atoms with van der Waals surface area (Å²) in [6.07, 6.45) is 1.25. The number of carbonyl (C=O) groups excluding carboxylic acids is 1. The molecule has 1 saturated heterocycles. The summed E-state index contributed by atoms with van der Waals surface area (Å²) < 4.78 is 53.7. The van der Waals surface area contributed by atoms with Crippen molar-refractivity contribution in [2.24, 2.45) is 0 Å². The molecule has 1 amide bonds. The van der Waals surface area contributed by atoms with Gasteiger partial charge in [0, 0.05) is 18.3 Å². The van der Waals surface area contributed by atoms with E-state index < -0.39 is 33.6 Å². The van der Waals surface area contributed by atoms with Gasteiger partial charge in [-0.15, -0.1) is 10.2 Å². The zero-order chi connectivity index (χ0) is 22.0. The van der Waals surface area contributed by atoms with Crippen molar-refractivity contribution in [3.8, 4) is 0 Å². The highest BCUT2D eigenvalue weighted by atomic mass is 32.2. The number of nitrogens with one attached hydrogen (secondary N) is 1. The molecule has 1 atom stereocenters. The van der Waals surface area contributed by atoms with E-state index in [0.717, 1.165) is 23.5 Å². The van der Waals surface area contributed by atoms with Crippen LogP contribution in [0, 0.1) is 11.6 Å². The lowest BCUT2D eigenvalue weighted by Crippen LogP contribution is -2.31. The summed E-state index contributed by atoms with van der Waals surface area (Å²) in [6, 6.07) is 11.4. The van der Waals surface area contributed by atoms with Gasteiger partial charge >= 0.3 is 0 Å². The smallest absolute Gasteiger partial charge is 0.286 e. The van der Waals surface area contributed by atoms with Crippen molar-refractivity contribution in [3.05, 3.63) is 75.7 Å². The Labute approximate surface area is 181 Å². The molecule has 0 bridgehead atoms. The van der Waals surface area contributed by atoms with Gasteiger partial charge in [-0.3, -0.25) is 4.79 Å². The minimum Gasteiger partial charge on any atom is -0.320 e. The molecule has 0 unspecified atom stereocenters. The van der Waals surface area contributed by atoms with Crippen LogP contribution in [0.25, 0.3) is 0 Å². The molecule has 1 N–H and O–H groups in total. The molecule has 11 heteroatoms. The molecule has 1 fully saturated rings. The summed E-state index contributed by atoms with van der Waals surface area (Å²) in [5, 5.41) is 10.8. The molecule has 4 rings (SSSR count). The van der Waals surface area contributed by atoms with Crippen molar-refractivity contribution in [1.29, 1.82) is 0 Å². The molecule has 2 aromatic carbocycles. The monoisotopic (exact) mass is 464 g/mol. The van der Waals surface area contributed by atoms with Crippen molar-refractivity contribution >= 4 is 33.0 Å². The van der Waals surface area contributed by atoms with Gasteiger partial charge in [0.25, 0.3) is 5.91 Å². The number of nitrogens with zero attached hydrogens (tertiary/aromatic N) is 3. The van der Waals surface area contributed by atoms with Crippen LogP contribution in [-0.4, -0.2) is 35.4 Å². The fourth-order valence-electron chi connectivity index (χ4n) is 3.41. The topological polar surface area (TPSA) is 92.3 Å². The number of amides is 1. The van der Waals surface area contributed by atoms with Crippen LogP contribution in [0.4, 0.5) is 14.5 Å². The fourth-order valence-corrected chi connectivity index (χ4v) is 6.14. The van der Waals surface area contributed by atoms with Gasteiger partial charge in [-0.05, 0) is 30.5 Å². The molecule has 1 aliphatic rings. The predicted octanol–water partition coefficient (Wildman–Crippen LogP) is 3.74. The first-order valence-corrected chi connectivity index (χ1v) is 11.9. The number of sulfonamides is 1. The number of hydrogen-bond donors (Lipinski definition) is 1. The van der Waals surface area contributed by atoms with Crippen molar-refractivity contribution < 1.29 is 22.0 Å². The molecule has 0 saturated carbocycles. The van der Waals surface area contributed by atoms with Crippen LogP contribution in [0.5, 0.6) is 0 Å². The average molecular weight is 465 g/mol. The van der Waals surface area contributed by atoms with Gasteiger partial charge in [0.15, 0.2) is 11.6 Å². The van der Waals surface area contributed by atoms with Crippen LogP contribution < -0.4 is 5.32 Å². The van der Waals surface area contributed by atoms with Crippen molar-refractivity contribution in [2.75, 3.05) is 11.9 Å². The number of anilines is 1. The Hall–Kier alpha value is -2.76. The molecule has 31 heavy (non-hydrogen) atoms. The predicted molar refractivity (Wildman–Crippen MR) is 112 cm³/mol. The molecule has 3 aromatic rings. The maximum absolute atomic E-state index is 13.3. The summed E-state index contributed by atoms with van der Waals surface area (Å²) in [6.45, 7) is 0.371. The third-order valence-electron chi connectivity index (χ3n) is 4.85. The summed E-state index contributed by atoms with van der Waals surface area (Å²) >= 11 is 0.983. The van der Waals surface area contributed by atoms with Gasteiger partial charge in [-0.25, -0.2) is 17.2 Å². The summed E-state index contributed by atoms with van der Waals surface area (Å²) in [5.41, 5.74) is 0.769. The molecule has 1 aliphatic heterocycles. The van der Waals surface area contributed by atoms with E-state index in [1.54, 1.807) is 24.3 Å². The van der Waals surface area contributed by atoms with Crippen LogP contribution in [0.15, 0.2) is 48.5 Å². The first-order valence-electron chi connectivity index (χ1n) is 9.47.